The number of thiocarbonyl (C=S) groups is 1. The molecule has 1 aliphatic heterocycles. The summed E-state index contributed by atoms with van der Waals surface area (Å²) < 4.78 is 16.6. The van der Waals surface area contributed by atoms with Crippen molar-refractivity contribution in [2.45, 2.75) is 43.8 Å². The molecule has 2 aliphatic rings. The van der Waals surface area contributed by atoms with E-state index in [1.807, 2.05) is 53.4 Å². The Hall–Kier alpha value is -2.73. The van der Waals surface area contributed by atoms with E-state index < -0.39 is 0 Å². The number of benzene rings is 1. The van der Waals surface area contributed by atoms with E-state index >= 15 is 0 Å². The molecule has 0 bridgehead atoms. The first-order valence-electron chi connectivity index (χ1n) is 10.2. The normalized spacial score (nSPS) is 22.2. The second kappa shape index (κ2) is 7.59. The molecule has 3 aromatic rings. The standard InChI is InChI=1S/C23H23FN4S/c24-17-10-3-4-12-19(17)27-15-7-13-20(27)22-21(18-11-5-6-14-25-18)26-23(29)28(22)16-8-1-2-9-16/h3-7,10-16,21-22H,1-2,8-9H2,(H,26,29). The van der Waals surface area contributed by atoms with Crippen molar-refractivity contribution in [2.24, 2.45) is 0 Å². The predicted molar refractivity (Wildman–Crippen MR) is 115 cm³/mol. The minimum absolute atomic E-state index is 0.0462. The van der Waals surface area contributed by atoms with Gasteiger partial charge in [0, 0.05) is 24.1 Å². The molecule has 29 heavy (non-hydrogen) atoms. The van der Waals surface area contributed by atoms with Gasteiger partial charge in [-0.1, -0.05) is 31.0 Å². The van der Waals surface area contributed by atoms with Crippen LogP contribution in [0.15, 0.2) is 67.0 Å². The van der Waals surface area contributed by atoms with Gasteiger partial charge in [0.15, 0.2) is 5.11 Å². The molecule has 2 aromatic heterocycles. The van der Waals surface area contributed by atoms with Crippen LogP contribution in [-0.2, 0) is 0 Å². The summed E-state index contributed by atoms with van der Waals surface area (Å²) in [6.07, 6.45) is 8.45. The van der Waals surface area contributed by atoms with Gasteiger partial charge < -0.3 is 14.8 Å². The summed E-state index contributed by atoms with van der Waals surface area (Å²) in [6, 6.07) is 17.2. The van der Waals surface area contributed by atoms with E-state index in [2.05, 4.69) is 21.3 Å². The molecule has 148 valence electrons. The molecule has 2 unspecified atom stereocenters. The van der Waals surface area contributed by atoms with E-state index in [9.17, 15) is 4.39 Å². The monoisotopic (exact) mass is 406 g/mol. The molecular weight excluding hydrogens is 383 g/mol. The molecule has 0 radical (unpaired) electrons. The van der Waals surface area contributed by atoms with Crippen LogP contribution in [0.1, 0.15) is 49.2 Å². The summed E-state index contributed by atoms with van der Waals surface area (Å²) in [5.74, 6) is -0.236. The highest BCUT2D eigenvalue weighted by atomic mass is 32.1. The number of para-hydroxylation sites is 1. The summed E-state index contributed by atoms with van der Waals surface area (Å²) in [4.78, 5) is 6.95. The highest BCUT2D eigenvalue weighted by Gasteiger charge is 2.44. The molecule has 4 nitrogen and oxygen atoms in total. The van der Waals surface area contributed by atoms with Crippen molar-refractivity contribution in [1.29, 1.82) is 0 Å². The van der Waals surface area contributed by atoms with Gasteiger partial charge in [-0.3, -0.25) is 4.98 Å². The second-order valence-electron chi connectivity index (χ2n) is 7.73. The van der Waals surface area contributed by atoms with Gasteiger partial charge in [0.2, 0.25) is 0 Å². The smallest absolute Gasteiger partial charge is 0.170 e. The van der Waals surface area contributed by atoms with E-state index in [4.69, 9.17) is 12.2 Å². The molecule has 1 aliphatic carbocycles. The number of nitrogens with zero attached hydrogens (tertiary/aromatic N) is 3. The maximum atomic E-state index is 14.6. The van der Waals surface area contributed by atoms with E-state index in [1.165, 1.54) is 18.9 Å². The van der Waals surface area contributed by atoms with Crippen LogP contribution in [0.4, 0.5) is 4.39 Å². The average molecular weight is 407 g/mol. The molecule has 2 fully saturated rings. The molecule has 5 rings (SSSR count). The summed E-state index contributed by atoms with van der Waals surface area (Å²) in [6.45, 7) is 0. The zero-order valence-corrected chi connectivity index (χ0v) is 16.9. The van der Waals surface area contributed by atoms with Gasteiger partial charge in [-0.2, -0.15) is 0 Å². The highest BCUT2D eigenvalue weighted by Crippen LogP contribution is 2.43. The molecule has 3 heterocycles. The van der Waals surface area contributed by atoms with Crippen molar-refractivity contribution < 1.29 is 4.39 Å². The van der Waals surface area contributed by atoms with Gasteiger partial charge in [0.25, 0.3) is 0 Å². The van der Waals surface area contributed by atoms with Gasteiger partial charge >= 0.3 is 0 Å². The van der Waals surface area contributed by atoms with Gasteiger partial charge in [-0.25, -0.2) is 4.39 Å². The van der Waals surface area contributed by atoms with Crippen molar-refractivity contribution in [1.82, 2.24) is 19.8 Å². The molecule has 2 atom stereocenters. The second-order valence-corrected chi connectivity index (χ2v) is 8.11. The maximum Gasteiger partial charge on any atom is 0.170 e. The topological polar surface area (TPSA) is 33.1 Å². The fourth-order valence-electron chi connectivity index (χ4n) is 4.76. The van der Waals surface area contributed by atoms with Crippen molar-refractivity contribution >= 4 is 17.3 Å². The summed E-state index contributed by atoms with van der Waals surface area (Å²) >= 11 is 5.79. The SMILES string of the molecule is Fc1ccccc1-n1cccc1C1C(c2ccccn2)NC(=S)N1C1CCCC1. The van der Waals surface area contributed by atoms with Gasteiger partial charge in [-0.05, 0) is 61.5 Å². The van der Waals surface area contributed by atoms with Crippen LogP contribution in [0.2, 0.25) is 0 Å². The Bertz CT molecular complexity index is 1010. The van der Waals surface area contributed by atoms with Crippen LogP contribution in [0.25, 0.3) is 5.69 Å². The van der Waals surface area contributed by atoms with Crippen LogP contribution in [0, 0.1) is 5.82 Å². The minimum Gasteiger partial charge on any atom is -0.352 e. The number of hydrogen-bond donors (Lipinski definition) is 1. The minimum atomic E-state index is -0.236. The number of aromatic nitrogens is 2. The lowest BCUT2D eigenvalue weighted by atomic mass is 9.99. The average Bonchev–Trinajstić information content (AvgIpc) is 3.48. The Kier molecular flexibility index (Phi) is 4.79. The molecule has 6 heteroatoms. The van der Waals surface area contributed by atoms with E-state index in [1.54, 1.807) is 6.07 Å². The van der Waals surface area contributed by atoms with Crippen molar-refractivity contribution in [3.05, 3.63) is 84.2 Å². The number of halogens is 1. The van der Waals surface area contributed by atoms with Crippen LogP contribution in [0.3, 0.4) is 0 Å². The molecule has 1 saturated heterocycles. The molecule has 0 amide bonds. The van der Waals surface area contributed by atoms with Crippen LogP contribution < -0.4 is 5.32 Å². The first-order chi connectivity index (χ1) is 14.2. The number of nitrogens with one attached hydrogen (secondary N) is 1. The number of hydrogen-bond acceptors (Lipinski definition) is 2. The fraction of sp³-hybridized carbons (Fsp3) is 0.304. The number of rotatable bonds is 4. The lowest BCUT2D eigenvalue weighted by Gasteiger charge is -2.33. The Labute approximate surface area is 175 Å². The lowest BCUT2D eigenvalue weighted by Crippen LogP contribution is -2.38. The third kappa shape index (κ3) is 3.21. The summed E-state index contributed by atoms with van der Waals surface area (Å²) in [5.41, 5.74) is 2.52. The highest BCUT2D eigenvalue weighted by molar-refractivity contribution is 7.80. The Morgan fingerprint density at radius 1 is 1.00 bits per heavy atom. The van der Waals surface area contributed by atoms with Crippen molar-refractivity contribution in [3.8, 4) is 5.69 Å². The summed E-state index contributed by atoms with van der Waals surface area (Å²) in [7, 11) is 0. The van der Waals surface area contributed by atoms with E-state index in [0.29, 0.717) is 11.7 Å². The third-order valence-electron chi connectivity index (χ3n) is 6.05. The first kappa shape index (κ1) is 18.3. The Balaban J connectivity index is 1.64. The van der Waals surface area contributed by atoms with Crippen molar-refractivity contribution in [2.75, 3.05) is 0 Å². The first-order valence-corrected chi connectivity index (χ1v) is 10.6. The van der Waals surface area contributed by atoms with Crippen molar-refractivity contribution in [3.63, 3.8) is 0 Å². The van der Waals surface area contributed by atoms with Crippen LogP contribution in [-0.4, -0.2) is 25.6 Å². The quantitative estimate of drug-likeness (QED) is 0.623. The fourth-order valence-corrected chi connectivity index (χ4v) is 5.15. The molecule has 1 N–H and O–H groups in total. The zero-order valence-electron chi connectivity index (χ0n) is 16.0. The lowest BCUT2D eigenvalue weighted by molar-refractivity contribution is 0.239. The van der Waals surface area contributed by atoms with Crippen LogP contribution in [0.5, 0.6) is 0 Å². The Morgan fingerprint density at radius 2 is 1.79 bits per heavy atom. The zero-order chi connectivity index (χ0) is 19.8. The van der Waals surface area contributed by atoms with Gasteiger partial charge in [-0.15, -0.1) is 0 Å². The Morgan fingerprint density at radius 3 is 2.55 bits per heavy atom. The largest absolute Gasteiger partial charge is 0.352 e. The predicted octanol–water partition coefficient (Wildman–Crippen LogP) is 4.93. The maximum absolute atomic E-state index is 14.6. The third-order valence-corrected chi connectivity index (χ3v) is 6.38. The molecule has 1 aromatic carbocycles. The van der Waals surface area contributed by atoms with E-state index in [-0.39, 0.29) is 17.9 Å². The van der Waals surface area contributed by atoms with E-state index in [0.717, 1.165) is 29.3 Å². The number of pyridine rings is 1. The molecular formula is C23H23FN4S. The van der Waals surface area contributed by atoms with Crippen LogP contribution >= 0.6 is 12.2 Å². The molecule has 1 saturated carbocycles. The molecule has 0 spiro atoms. The van der Waals surface area contributed by atoms with Gasteiger partial charge in [0.05, 0.1) is 23.5 Å². The summed E-state index contributed by atoms with van der Waals surface area (Å²) in [5, 5.41) is 4.28. The van der Waals surface area contributed by atoms with Gasteiger partial charge in [0.1, 0.15) is 5.82 Å².